The number of hydrogen-bond donors (Lipinski definition) is 1. The second-order valence-corrected chi connectivity index (χ2v) is 5.11. The molecule has 18 heavy (non-hydrogen) atoms. The highest BCUT2D eigenvalue weighted by atomic mass is 16.5. The summed E-state index contributed by atoms with van der Waals surface area (Å²) in [7, 11) is 1.68. The van der Waals surface area contributed by atoms with Crippen molar-refractivity contribution in [1.82, 2.24) is 10.3 Å². The summed E-state index contributed by atoms with van der Waals surface area (Å²) < 4.78 is 5.29. The van der Waals surface area contributed by atoms with Crippen LogP contribution in [-0.4, -0.2) is 18.1 Å². The second kappa shape index (κ2) is 6.74. The van der Waals surface area contributed by atoms with Crippen molar-refractivity contribution < 1.29 is 4.74 Å². The molecule has 2 unspecified atom stereocenters. The summed E-state index contributed by atoms with van der Waals surface area (Å²) in [5.41, 5.74) is 1.15. The molecule has 2 atom stereocenters. The second-order valence-electron chi connectivity index (χ2n) is 5.11. The van der Waals surface area contributed by atoms with E-state index in [2.05, 4.69) is 23.3 Å². The van der Waals surface area contributed by atoms with Crippen molar-refractivity contribution in [2.45, 2.75) is 51.6 Å². The average Bonchev–Trinajstić information content (AvgIpc) is 2.45. The molecule has 1 aromatic heterocycles. The number of rotatable bonds is 5. The van der Waals surface area contributed by atoms with Crippen molar-refractivity contribution >= 4 is 0 Å². The predicted molar refractivity (Wildman–Crippen MR) is 73.7 cm³/mol. The maximum absolute atomic E-state index is 5.29. The minimum atomic E-state index is 0.661. The molecular formula is C15H24N2O. The van der Waals surface area contributed by atoms with E-state index in [1.54, 1.807) is 13.3 Å². The van der Waals surface area contributed by atoms with Gasteiger partial charge in [0.25, 0.3) is 0 Å². The Morgan fingerprint density at radius 1 is 1.39 bits per heavy atom. The maximum Gasteiger partial charge on any atom is 0.217 e. The van der Waals surface area contributed by atoms with Gasteiger partial charge in [0, 0.05) is 24.3 Å². The van der Waals surface area contributed by atoms with Crippen LogP contribution in [0.1, 0.15) is 44.6 Å². The zero-order chi connectivity index (χ0) is 12.8. The molecule has 1 saturated carbocycles. The van der Waals surface area contributed by atoms with E-state index >= 15 is 0 Å². The standard InChI is InChI=1S/C15H24N2O/c1-3-12-7-4-5-9-14(12)17-11-13-8-6-10-16-15(13)18-2/h6,8,10,12,14,17H,3-5,7,9,11H2,1-2H3. The van der Waals surface area contributed by atoms with Crippen LogP contribution in [0.15, 0.2) is 18.3 Å². The van der Waals surface area contributed by atoms with Gasteiger partial charge in [-0.25, -0.2) is 4.98 Å². The van der Waals surface area contributed by atoms with E-state index in [1.807, 2.05) is 6.07 Å². The molecule has 0 saturated heterocycles. The fourth-order valence-electron chi connectivity index (χ4n) is 2.95. The number of methoxy groups -OCH3 is 1. The van der Waals surface area contributed by atoms with Crippen LogP contribution < -0.4 is 10.1 Å². The molecule has 1 aromatic rings. The van der Waals surface area contributed by atoms with Crippen LogP contribution in [0.4, 0.5) is 0 Å². The van der Waals surface area contributed by atoms with Gasteiger partial charge in [-0.2, -0.15) is 0 Å². The molecular weight excluding hydrogens is 224 g/mol. The zero-order valence-corrected chi connectivity index (χ0v) is 11.5. The minimum absolute atomic E-state index is 0.661. The molecule has 1 fully saturated rings. The van der Waals surface area contributed by atoms with Gasteiger partial charge in [-0.1, -0.05) is 32.3 Å². The third-order valence-electron chi connectivity index (χ3n) is 4.03. The van der Waals surface area contributed by atoms with Crippen LogP contribution in [0.2, 0.25) is 0 Å². The van der Waals surface area contributed by atoms with Gasteiger partial charge in [-0.05, 0) is 24.8 Å². The highest BCUT2D eigenvalue weighted by molar-refractivity contribution is 5.25. The number of nitrogens with one attached hydrogen (secondary N) is 1. The number of pyridine rings is 1. The lowest BCUT2D eigenvalue weighted by atomic mass is 9.83. The summed E-state index contributed by atoms with van der Waals surface area (Å²) >= 11 is 0. The molecule has 0 spiro atoms. The summed E-state index contributed by atoms with van der Waals surface area (Å²) in [6.45, 7) is 3.16. The van der Waals surface area contributed by atoms with Gasteiger partial charge in [0.1, 0.15) is 0 Å². The third-order valence-corrected chi connectivity index (χ3v) is 4.03. The monoisotopic (exact) mass is 248 g/mol. The van der Waals surface area contributed by atoms with Crippen LogP contribution in [0.3, 0.4) is 0 Å². The van der Waals surface area contributed by atoms with Gasteiger partial charge in [-0.3, -0.25) is 0 Å². The Hall–Kier alpha value is -1.09. The Bertz CT molecular complexity index is 367. The first-order valence-corrected chi connectivity index (χ1v) is 7.06. The summed E-state index contributed by atoms with van der Waals surface area (Å²) in [4.78, 5) is 4.24. The predicted octanol–water partition coefficient (Wildman–Crippen LogP) is 3.15. The molecule has 1 aliphatic carbocycles. The summed E-state index contributed by atoms with van der Waals surface area (Å²) in [5, 5.41) is 3.69. The first kappa shape index (κ1) is 13.3. The SMILES string of the molecule is CCC1CCCCC1NCc1cccnc1OC. The molecule has 1 aliphatic rings. The maximum atomic E-state index is 5.29. The fraction of sp³-hybridized carbons (Fsp3) is 0.667. The van der Waals surface area contributed by atoms with E-state index < -0.39 is 0 Å². The van der Waals surface area contributed by atoms with Gasteiger partial charge in [-0.15, -0.1) is 0 Å². The molecule has 3 nitrogen and oxygen atoms in total. The van der Waals surface area contributed by atoms with Gasteiger partial charge in [0.2, 0.25) is 5.88 Å². The normalized spacial score (nSPS) is 23.9. The van der Waals surface area contributed by atoms with Crippen molar-refractivity contribution in [1.29, 1.82) is 0 Å². The molecule has 0 aromatic carbocycles. The Morgan fingerprint density at radius 3 is 3.00 bits per heavy atom. The van der Waals surface area contributed by atoms with E-state index in [4.69, 9.17) is 4.74 Å². The van der Waals surface area contributed by atoms with Crippen molar-refractivity contribution in [3.63, 3.8) is 0 Å². The number of ether oxygens (including phenoxy) is 1. The smallest absolute Gasteiger partial charge is 0.217 e. The number of aromatic nitrogens is 1. The van der Waals surface area contributed by atoms with Gasteiger partial charge >= 0.3 is 0 Å². The lowest BCUT2D eigenvalue weighted by Crippen LogP contribution is -2.37. The minimum Gasteiger partial charge on any atom is -0.481 e. The molecule has 0 radical (unpaired) electrons. The Morgan fingerprint density at radius 2 is 2.22 bits per heavy atom. The molecule has 0 amide bonds. The largest absolute Gasteiger partial charge is 0.481 e. The van der Waals surface area contributed by atoms with Crippen LogP contribution >= 0.6 is 0 Å². The first-order valence-electron chi connectivity index (χ1n) is 7.06. The Labute approximate surface area is 110 Å². The van der Waals surface area contributed by atoms with Crippen molar-refractivity contribution in [2.75, 3.05) is 7.11 Å². The van der Waals surface area contributed by atoms with Crippen molar-refractivity contribution in [3.8, 4) is 5.88 Å². The van der Waals surface area contributed by atoms with E-state index in [0.29, 0.717) is 6.04 Å². The third kappa shape index (κ3) is 3.22. The topological polar surface area (TPSA) is 34.2 Å². The molecule has 3 heteroatoms. The van der Waals surface area contributed by atoms with Gasteiger partial charge in [0.05, 0.1) is 7.11 Å². The Balaban J connectivity index is 1.93. The fourth-order valence-corrected chi connectivity index (χ4v) is 2.95. The highest BCUT2D eigenvalue weighted by Gasteiger charge is 2.23. The van der Waals surface area contributed by atoms with Crippen molar-refractivity contribution in [2.24, 2.45) is 5.92 Å². The average molecular weight is 248 g/mol. The quantitative estimate of drug-likeness (QED) is 0.869. The van der Waals surface area contributed by atoms with E-state index in [0.717, 1.165) is 23.9 Å². The van der Waals surface area contributed by atoms with Crippen LogP contribution in [-0.2, 0) is 6.54 Å². The van der Waals surface area contributed by atoms with Gasteiger partial charge < -0.3 is 10.1 Å². The van der Waals surface area contributed by atoms with E-state index in [1.165, 1.54) is 32.1 Å². The summed E-state index contributed by atoms with van der Waals surface area (Å²) in [5.74, 6) is 1.58. The Kier molecular flexibility index (Phi) is 5.00. The lowest BCUT2D eigenvalue weighted by Gasteiger charge is -2.31. The van der Waals surface area contributed by atoms with Crippen LogP contribution in [0, 0.1) is 5.92 Å². The molecule has 1 N–H and O–H groups in total. The van der Waals surface area contributed by atoms with Crippen molar-refractivity contribution in [3.05, 3.63) is 23.9 Å². The zero-order valence-electron chi connectivity index (χ0n) is 11.5. The number of hydrogen-bond acceptors (Lipinski definition) is 3. The van der Waals surface area contributed by atoms with Crippen LogP contribution in [0.5, 0.6) is 5.88 Å². The number of nitrogens with zero attached hydrogens (tertiary/aromatic N) is 1. The first-order chi connectivity index (χ1) is 8.85. The molecule has 0 aliphatic heterocycles. The van der Waals surface area contributed by atoms with E-state index in [9.17, 15) is 0 Å². The van der Waals surface area contributed by atoms with Crippen LogP contribution in [0.25, 0.3) is 0 Å². The van der Waals surface area contributed by atoms with Gasteiger partial charge in [0.15, 0.2) is 0 Å². The van der Waals surface area contributed by atoms with E-state index in [-0.39, 0.29) is 0 Å². The molecule has 0 bridgehead atoms. The lowest BCUT2D eigenvalue weighted by molar-refractivity contribution is 0.253. The molecule has 100 valence electrons. The highest BCUT2D eigenvalue weighted by Crippen LogP contribution is 2.27. The summed E-state index contributed by atoms with van der Waals surface area (Å²) in [6, 6.07) is 4.72. The molecule has 2 rings (SSSR count). The summed E-state index contributed by atoms with van der Waals surface area (Å²) in [6.07, 6.45) is 8.49. The molecule has 1 heterocycles.